The highest BCUT2D eigenvalue weighted by molar-refractivity contribution is 7.99. The van der Waals surface area contributed by atoms with Gasteiger partial charge in [-0.15, -0.1) is 0 Å². The van der Waals surface area contributed by atoms with Gasteiger partial charge in [0.15, 0.2) is 0 Å². The molecule has 1 aromatic rings. The van der Waals surface area contributed by atoms with Gasteiger partial charge in [-0.3, -0.25) is 0 Å². The van der Waals surface area contributed by atoms with E-state index in [2.05, 4.69) is 4.99 Å². The van der Waals surface area contributed by atoms with Crippen LogP contribution in [0.2, 0.25) is 0 Å². The number of aliphatic imine (C=N–C) groups is 1. The number of nitrogens with two attached hydrogens (primary N) is 2. The molecule has 0 aliphatic carbocycles. The normalized spacial score (nSPS) is 11.8. The molecule has 0 bridgehead atoms. The molecule has 0 heterocycles. The molecular formula is C10H14FN3S. The van der Waals surface area contributed by atoms with Crippen molar-refractivity contribution in [3.8, 4) is 0 Å². The van der Waals surface area contributed by atoms with E-state index < -0.39 is 0 Å². The summed E-state index contributed by atoms with van der Waals surface area (Å²) in [6.07, 6.45) is 1.94. The molecule has 0 saturated carbocycles. The van der Waals surface area contributed by atoms with Gasteiger partial charge in [-0.25, -0.2) is 9.38 Å². The molecule has 1 aromatic carbocycles. The second-order valence-corrected chi connectivity index (χ2v) is 3.88. The molecule has 4 N–H and O–H groups in total. The van der Waals surface area contributed by atoms with Crippen molar-refractivity contribution >= 4 is 23.3 Å². The second kappa shape index (κ2) is 5.72. The zero-order valence-electron chi connectivity index (χ0n) is 8.53. The molecule has 5 heteroatoms. The van der Waals surface area contributed by atoms with Gasteiger partial charge in [0.1, 0.15) is 11.7 Å². The van der Waals surface area contributed by atoms with Crippen molar-refractivity contribution in [3.63, 3.8) is 0 Å². The number of thioether (sulfide) groups is 1. The number of amidine groups is 1. The van der Waals surface area contributed by atoms with E-state index >= 15 is 0 Å². The molecule has 1 rings (SSSR count). The predicted octanol–water partition coefficient (Wildman–Crippen LogP) is 1.64. The Morgan fingerprint density at radius 3 is 2.87 bits per heavy atom. The van der Waals surface area contributed by atoms with Crippen LogP contribution < -0.4 is 11.5 Å². The lowest BCUT2D eigenvalue weighted by Gasteiger charge is -2.02. The Morgan fingerprint density at radius 1 is 1.53 bits per heavy atom. The topological polar surface area (TPSA) is 64.4 Å². The summed E-state index contributed by atoms with van der Waals surface area (Å²) in [5, 5.41) is 0. The second-order valence-electron chi connectivity index (χ2n) is 3.02. The Kier molecular flexibility index (Phi) is 4.58. The van der Waals surface area contributed by atoms with Gasteiger partial charge in [-0.05, 0) is 24.5 Å². The molecule has 3 nitrogen and oxygen atoms in total. The quantitative estimate of drug-likeness (QED) is 0.607. The largest absolute Gasteiger partial charge is 0.386 e. The van der Waals surface area contributed by atoms with Crippen LogP contribution in [0.4, 0.5) is 10.1 Å². The van der Waals surface area contributed by atoms with Crippen LogP contribution in [-0.2, 0) is 6.54 Å². The van der Waals surface area contributed by atoms with Crippen LogP contribution >= 0.6 is 11.8 Å². The zero-order chi connectivity index (χ0) is 11.3. The minimum absolute atomic E-state index is 0.164. The fourth-order valence-corrected chi connectivity index (χ4v) is 1.49. The van der Waals surface area contributed by atoms with Crippen LogP contribution in [0.25, 0.3) is 0 Å². The average molecular weight is 227 g/mol. The molecule has 0 spiro atoms. The molecule has 0 aliphatic heterocycles. The van der Waals surface area contributed by atoms with E-state index in [1.54, 1.807) is 23.9 Å². The standard InChI is InChI=1S/C10H14FN3S/c1-15-6-10(13)14-8-2-3-9(11)7(4-8)5-12/h2-4H,5-6,12H2,1H3,(H2,13,14). The Bertz CT molecular complexity index is 366. The number of rotatable bonds is 4. The molecule has 0 fully saturated rings. The molecule has 0 saturated heterocycles. The molecule has 15 heavy (non-hydrogen) atoms. The maximum absolute atomic E-state index is 13.1. The molecule has 0 radical (unpaired) electrons. The van der Waals surface area contributed by atoms with E-state index in [9.17, 15) is 4.39 Å². The van der Waals surface area contributed by atoms with Gasteiger partial charge in [0.25, 0.3) is 0 Å². The lowest BCUT2D eigenvalue weighted by molar-refractivity contribution is 0.611. The van der Waals surface area contributed by atoms with Crippen LogP contribution in [0.5, 0.6) is 0 Å². The van der Waals surface area contributed by atoms with Gasteiger partial charge in [0, 0.05) is 12.1 Å². The Balaban J connectivity index is 2.91. The van der Waals surface area contributed by atoms with Crippen molar-refractivity contribution in [3.05, 3.63) is 29.6 Å². The SMILES string of the molecule is CSCC(N)=Nc1ccc(F)c(CN)c1. The van der Waals surface area contributed by atoms with E-state index in [1.807, 2.05) is 6.26 Å². The van der Waals surface area contributed by atoms with Gasteiger partial charge < -0.3 is 11.5 Å². The van der Waals surface area contributed by atoms with E-state index in [4.69, 9.17) is 11.5 Å². The van der Waals surface area contributed by atoms with Crippen molar-refractivity contribution in [1.82, 2.24) is 0 Å². The van der Waals surface area contributed by atoms with Gasteiger partial charge in [0.2, 0.25) is 0 Å². The first-order valence-electron chi connectivity index (χ1n) is 4.48. The smallest absolute Gasteiger partial charge is 0.127 e. The summed E-state index contributed by atoms with van der Waals surface area (Å²) < 4.78 is 13.1. The van der Waals surface area contributed by atoms with E-state index in [1.165, 1.54) is 6.07 Å². The molecule has 0 unspecified atom stereocenters. The molecular weight excluding hydrogens is 213 g/mol. The van der Waals surface area contributed by atoms with Crippen LogP contribution in [0.15, 0.2) is 23.2 Å². The first kappa shape index (κ1) is 12.0. The maximum atomic E-state index is 13.1. The van der Waals surface area contributed by atoms with Gasteiger partial charge in [0.05, 0.1) is 11.4 Å². The minimum Gasteiger partial charge on any atom is -0.386 e. The molecule has 82 valence electrons. The summed E-state index contributed by atoms with van der Waals surface area (Å²) in [6, 6.07) is 4.55. The average Bonchev–Trinajstić information content (AvgIpc) is 2.21. The number of hydrogen-bond donors (Lipinski definition) is 2. The predicted molar refractivity (Wildman–Crippen MR) is 64.0 cm³/mol. The Hall–Kier alpha value is -1.07. The molecule has 0 aromatic heterocycles. The van der Waals surface area contributed by atoms with Crippen molar-refractivity contribution in [2.75, 3.05) is 12.0 Å². The molecule has 0 aliphatic rings. The maximum Gasteiger partial charge on any atom is 0.127 e. The molecule has 0 atom stereocenters. The van der Waals surface area contributed by atoms with Crippen molar-refractivity contribution in [2.45, 2.75) is 6.54 Å². The number of benzene rings is 1. The first-order valence-corrected chi connectivity index (χ1v) is 5.87. The minimum atomic E-state index is -0.306. The monoisotopic (exact) mass is 227 g/mol. The third kappa shape index (κ3) is 3.53. The van der Waals surface area contributed by atoms with Gasteiger partial charge >= 0.3 is 0 Å². The lowest BCUT2D eigenvalue weighted by Crippen LogP contribution is -2.13. The van der Waals surface area contributed by atoms with Crippen molar-refractivity contribution < 1.29 is 4.39 Å². The van der Waals surface area contributed by atoms with Gasteiger partial charge in [-0.1, -0.05) is 0 Å². The number of hydrogen-bond acceptors (Lipinski definition) is 3. The van der Waals surface area contributed by atoms with Crippen LogP contribution in [-0.4, -0.2) is 17.8 Å². The third-order valence-corrected chi connectivity index (χ3v) is 2.40. The lowest BCUT2D eigenvalue weighted by atomic mass is 10.2. The first-order chi connectivity index (χ1) is 7.17. The highest BCUT2D eigenvalue weighted by Gasteiger charge is 2.01. The van der Waals surface area contributed by atoms with Crippen LogP contribution in [0, 0.1) is 5.82 Å². The fourth-order valence-electron chi connectivity index (χ4n) is 1.13. The summed E-state index contributed by atoms with van der Waals surface area (Å²) in [4.78, 5) is 4.15. The summed E-state index contributed by atoms with van der Waals surface area (Å²) in [5.74, 6) is 0.881. The summed E-state index contributed by atoms with van der Waals surface area (Å²) in [6.45, 7) is 0.164. The highest BCUT2D eigenvalue weighted by Crippen LogP contribution is 2.17. The Morgan fingerprint density at radius 2 is 2.27 bits per heavy atom. The summed E-state index contributed by atoms with van der Waals surface area (Å²) >= 11 is 1.59. The Labute approximate surface area is 92.8 Å². The number of nitrogens with zero attached hydrogens (tertiary/aromatic N) is 1. The van der Waals surface area contributed by atoms with E-state index in [0.29, 0.717) is 22.8 Å². The van der Waals surface area contributed by atoms with Crippen LogP contribution in [0.3, 0.4) is 0 Å². The van der Waals surface area contributed by atoms with Crippen molar-refractivity contribution in [2.24, 2.45) is 16.5 Å². The molecule has 0 amide bonds. The third-order valence-electron chi connectivity index (χ3n) is 1.81. The van der Waals surface area contributed by atoms with Crippen LogP contribution in [0.1, 0.15) is 5.56 Å². The van der Waals surface area contributed by atoms with E-state index in [0.717, 1.165) is 0 Å². The fraction of sp³-hybridized carbons (Fsp3) is 0.300. The van der Waals surface area contributed by atoms with Crippen molar-refractivity contribution in [1.29, 1.82) is 0 Å². The zero-order valence-corrected chi connectivity index (χ0v) is 9.35. The van der Waals surface area contributed by atoms with E-state index in [-0.39, 0.29) is 12.4 Å². The summed E-state index contributed by atoms with van der Waals surface area (Å²) in [7, 11) is 0. The van der Waals surface area contributed by atoms with Gasteiger partial charge in [-0.2, -0.15) is 11.8 Å². The number of halogens is 1. The highest BCUT2D eigenvalue weighted by atomic mass is 32.2. The summed E-state index contributed by atoms with van der Waals surface area (Å²) in [5.41, 5.74) is 12.1.